The van der Waals surface area contributed by atoms with Crippen LogP contribution in [0.3, 0.4) is 0 Å². The molecule has 0 spiro atoms. The van der Waals surface area contributed by atoms with Crippen molar-refractivity contribution in [3.63, 3.8) is 0 Å². The summed E-state index contributed by atoms with van der Waals surface area (Å²) in [7, 11) is 3.16. The number of piperidine rings is 1. The van der Waals surface area contributed by atoms with E-state index in [4.69, 9.17) is 32.7 Å². The molecular formula is C17H23Cl2N3O2. The lowest BCUT2D eigenvalue weighted by Gasteiger charge is -2.33. The smallest absolute Gasteiger partial charge is 0.159 e. The minimum absolute atomic E-state index is 0.00973. The third kappa shape index (κ3) is 3.05. The van der Waals surface area contributed by atoms with Crippen LogP contribution in [0.4, 0.5) is 0 Å². The van der Waals surface area contributed by atoms with Crippen molar-refractivity contribution >= 4 is 28.9 Å². The van der Waals surface area contributed by atoms with E-state index in [2.05, 4.69) is 22.4 Å². The van der Waals surface area contributed by atoms with Gasteiger partial charge in [0.2, 0.25) is 0 Å². The Kier molecular flexibility index (Phi) is 5.42. The molecule has 132 valence electrons. The van der Waals surface area contributed by atoms with Gasteiger partial charge in [-0.25, -0.2) is 0 Å². The first-order valence-corrected chi connectivity index (χ1v) is 9.00. The number of methoxy groups -OCH3 is 2. The van der Waals surface area contributed by atoms with Gasteiger partial charge in [0.1, 0.15) is 10.8 Å². The second-order valence-corrected chi connectivity index (χ2v) is 6.98. The van der Waals surface area contributed by atoms with Crippen LogP contribution in [0.25, 0.3) is 0 Å². The van der Waals surface area contributed by atoms with Gasteiger partial charge in [-0.15, -0.1) is 0 Å². The number of benzene rings is 1. The predicted molar refractivity (Wildman–Crippen MR) is 97.7 cm³/mol. The Bertz CT molecular complexity index is 651. The van der Waals surface area contributed by atoms with Gasteiger partial charge in [-0.05, 0) is 19.0 Å². The van der Waals surface area contributed by atoms with Gasteiger partial charge in [0.15, 0.2) is 5.75 Å². The summed E-state index contributed by atoms with van der Waals surface area (Å²) in [5.74, 6) is 1.34. The number of nitrogens with zero attached hydrogens (tertiary/aromatic N) is 2. The number of hydrogen-bond acceptors (Lipinski definition) is 5. The van der Waals surface area contributed by atoms with Crippen molar-refractivity contribution in [2.75, 3.05) is 33.9 Å². The van der Waals surface area contributed by atoms with Gasteiger partial charge < -0.3 is 19.8 Å². The topological polar surface area (TPSA) is 46.1 Å². The third-order valence-electron chi connectivity index (χ3n) is 4.76. The highest BCUT2D eigenvalue weighted by Crippen LogP contribution is 2.47. The van der Waals surface area contributed by atoms with E-state index >= 15 is 0 Å². The first-order valence-electron chi connectivity index (χ1n) is 8.24. The van der Waals surface area contributed by atoms with E-state index in [0.717, 1.165) is 38.0 Å². The molecule has 0 aliphatic carbocycles. The van der Waals surface area contributed by atoms with Crippen molar-refractivity contribution in [2.24, 2.45) is 11.0 Å². The maximum atomic E-state index is 6.44. The van der Waals surface area contributed by atoms with Crippen LogP contribution in [-0.4, -0.2) is 44.5 Å². The Labute approximate surface area is 152 Å². The first-order chi connectivity index (χ1) is 11.6. The molecule has 0 aromatic heterocycles. The van der Waals surface area contributed by atoms with E-state index in [1.807, 2.05) is 6.07 Å². The molecular weight excluding hydrogens is 349 g/mol. The van der Waals surface area contributed by atoms with Crippen LogP contribution >= 0.6 is 23.2 Å². The average Bonchev–Trinajstić information content (AvgIpc) is 2.98. The van der Waals surface area contributed by atoms with Gasteiger partial charge in [-0.2, -0.15) is 5.10 Å². The van der Waals surface area contributed by atoms with Crippen LogP contribution in [0.5, 0.6) is 11.5 Å². The van der Waals surface area contributed by atoms with Crippen LogP contribution in [-0.2, 0) is 0 Å². The lowest BCUT2D eigenvalue weighted by molar-refractivity contribution is 0.227. The fourth-order valence-electron chi connectivity index (χ4n) is 3.65. The molecule has 0 amide bonds. The zero-order chi connectivity index (χ0) is 17.3. The molecule has 1 fully saturated rings. The molecule has 2 unspecified atom stereocenters. The van der Waals surface area contributed by atoms with E-state index in [0.29, 0.717) is 27.5 Å². The normalized spacial score (nSPS) is 23.5. The standard InChI is InChI=1S/C17H23Cl2N3O2/c1-4-6-22-7-5-13-11(9-22)15(21-20-13)10-8-12(18)17(24-3)14(19)16(10)23-2/h8,11,15,21H,4-7,9H2,1-3H3. The molecule has 3 rings (SSSR count). The Hall–Kier alpha value is -1.17. The molecule has 1 N–H and O–H groups in total. The molecule has 1 aromatic carbocycles. The highest BCUT2D eigenvalue weighted by molar-refractivity contribution is 6.38. The molecule has 2 aliphatic heterocycles. The summed E-state index contributed by atoms with van der Waals surface area (Å²) >= 11 is 12.8. The lowest BCUT2D eigenvalue weighted by Crippen LogP contribution is -2.42. The van der Waals surface area contributed by atoms with E-state index in [1.165, 1.54) is 5.71 Å². The van der Waals surface area contributed by atoms with Gasteiger partial charge >= 0.3 is 0 Å². The van der Waals surface area contributed by atoms with Gasteiger partial charge in [0.25, 0.3) is 0 Å². The molecule has 2 heterocycles. The second-order valence-electron chi connectivity index (χ2n) is 6.20. The second kappa shape index (κ2) is 7.38. The third-order valence-corrected chi connectivity index (χ3v) is 5.38. The molecule has 0 radical (unpaired) electrons. The van der Waals surface area contributed by atoms with Crippen molar-refractivity contribution in [2.45, 2.75) is 25.8 Å². The number of rotatable bonds is 5. The highest BCUT2D eigenvalue weighted by atomic mass is 35.5. The summed E-state index contributed by atoms with van der Waals surface area (Å²) < 4.78 is 10.9. The number of likely N-dealkylation sites (tertiary alicyclic amines) is 1. The van der Waals surface area contributed by atoms with E-state index < -0.39 is 0 Å². The molecule has 1 aromatic rings. The fraction of sp³-hybridized carbons (Fsp3) is 0.588. The number of hydrazone groups is 1. The Morgan fingerprint density at radius 3 is 2.71 bits per heavy atom. The summed E-state index contributed by atoms with van der Waals surface area (Å²) in [5.41, 5.74) is 5.41. The molecule has 1 saturated heterocycles. The van der Waals surface area contributed by atoms with E-state index in [9.17, 15) is 0 Å². The minimum atomic E-state index is 0.00973. The van der Waals surface area contributed by atoms with Gasteiger partial charge in [0, 0.05) is 36.7 Å². The van der Waals surface area contributed by atoms with Crippen LogP contribution in [0.2, 0.25) is 10.0 Å². The number of hydrogen-bond donors (Lipinski definition) is 1. The molecule has 24 heavy (non-hydrogen) atoms. The largest absolute Gasteiger partial charge is 0.495 e. The van der Waals surface area contributed by atoms with Crippen molar-refractivity contribution in [3.8, 4) is 11.5 Å². The van der Waals surface area contributed by atoms with Crippen molar-refractivity contribution in [3.05, 3.63) is 21.7 Å². The Balaban J connectivity index is 1.94. The zero-order valence-corrected chi connectivity index (χ0v) is 15.7. The van der Waals surface area contributed by atoms with Crippen molar-refractivity contribution in [1.29, 1.82) is 0 Å². The summed E-state index contributed by atoms with van der Waals surface area (Å²) in [4.78, 5) is 2.49. The summed E-state index contributed by atoms with van der Waals surface area (Å²) in [6.07, 6.45) is 2.15. The fourth-order valence-corrected chi connectivity index (χ4v) is 4.35. The Morgan fingerprint density at radius 2 is 2.04 bits per heavy atom. The number of ether oxygens (including phenoxy) is 2. The number of fused-ring (bicyclic) bond motifs is 1. The predicted octanol–water partition coefficient (Wildman–Crippen LogP) is 3.74. The monoisotopic (exact) mass is 371 g/mol. The molecule has 0 saturated carbocycles. The molecule has 2 aliphatic rings. The number of halogens is 2. The van der Waals surface area contributed by atoms with Gasteiger partial charge in [-0.3, -0.25) is 0 Å². The summed E-state index contributed by atoms with van der Waals surface area (Å²) in [5, 5.41) is 5.44. The minimum Gasteiger partial charge on any atom is -0.495 e. The van der Waals surface area contributed by atoms with Gasteiger partial charge in [-0.1, -0.05) is 30.1 Å². The van der Waals surface area contributed by atoms with Gasteiger partial charge in [0.05, 0.1) is 25.3 Å². The molecule has 0 bridgehead atoms. The van der Waals surface area contributed by atoms with Crippen LogP contribution in [0.15, 0.2) is 11.2 Å². The van der Waals surface area contributed by atoms with E-state index in [-0.39, 0.29) is 6.04 Å². The van der Waals surface area contributed by atoms with Crippen molar-refractivity contribution in [1.82, 2.24) is 10.3 Å². The lowest BCUT2D eigenvalue weighted by atomic mass is 9.86. The summed E-state index contributed by atoms with van der Waals surface area (Å²) in [6, 6.07) is 1.88. The quantitative estimate of drug-likeness (QED) is 0.855. The molecule has 5 nitrogen and oxygen atoms in total. The van der Waals surface area contributed by atoms with Crippen LogP contribution in [0, 0.1) is 5.92 Å². The zero-order valence-electron chi connectivity index (χ0n) is 14.2. The molecule has 2 atom stereocenters. The van der Waals surface area contributed by atoms with Crippen LogP contribution in [0.1, 0.15) is 31.4 Å². The maximum absolute atomic E-state index is 6.44. The highest BCUT2D eigenvalue weighted by Gasteiger charge is 2.39. The SMILES string of the molecule is CCCN1CCC2=NNC(c3cc(Cl)c(OC)c(Cl)c3OC)C2C1. The Morgan fingerprint density at radius 1 is 1.29 bits per heavy atom. The van der Waals surface area contributed by atoms with Crippen molar-refractivity contribution < 1.29 is 9.47 Å². The average molecular weight is 372 g/mol. The summed E-state index contributed by atoms with van der Waals surface area (Å²) in [6.45, 7) is 5.37. The van der Waals surface area contributed by atoms with E-state index in [1.54, 1.807) is 14.2 Å². The van der Waals surface area contributed by atoms with Crippen LogP contribution < -0.4 is 14.9 Å². The molecule has 7 heteroatoms. The first kappa shape index (κ1) is 17.6. The maximum Gasteiger partial charge on any atom is 0.159 e. The number of nitrogens with one attached hydrogen (secondary N) is 1.